The fourth-order valence-electron chi connectivity index (χ4n) is 2.95. The zero-order valence-electron chi connectivity index (χ0n) is 14.8. The predicted octanol–water partition coefficient (Wildman–Crippen LogP) is 4.49. The molecule has 4 rings (SSSR count). The smallest absolute Gasteiger partial charge is 0.320 e. The third-order valence-electron chi connectivity index (χ3n) is 4.61. The summed E-state index contributed by atoms with van der Waals surface area (Å²) in [6.07, 6.45) is -2.93. The van der Waals surface area contributed by atoms with Crippen molar-refractivity contribution in [2.45, 2.75) is 38.8 Å². The number of aryl methyl sites for hydroxylation is 2. The number of hydrogen-bond acceptors (Lipinski definition) is 3. The number of amides is 1. The first kappa shape index (κ1) is 17.5. The summed E-state index contributed by atoms with van der Waals surface area (Å²) in [4.78, 5) is 16.8. The van der Waals surface area contributed by atoms with Crippen molar-refractivity contribution in [1.82, 2.24) is 14.6 Å². The summed E-state index contributed by atoms with van der Waals surface area (Å²) >= 11 is 0. The summed E-state index contributed by atoms with van der Waals surface area (Å²) < 4.78 is 41.0. The fraction of sp³-hybridized carbons (Fsp3) is 0.316. The Kier molecular flexibility index (Phi) is 3.94. The number of nitrogens with zero attached hydrogens (tertiary/aromatic N) is 3. The van der Waals surface area contributed by atoms with Crippen molar-refractivity contribution in [3.63, 3.8) is 0 Å². The van der Waals surface area contributed by atoms with Gasteiger partial charge in [0.2, 0.25) is 0 Å². The molecule has 5 nitrogen and oxygen atoms in total. The molecule has 8 heteroatoms. The molecule has 0 saturated heterocycles. The lowest BCUT2D eigenvalue weighted by molar-refractivity contribution is -0.142. The number of carbonyl (C=O) groups excluding carboxylic acids is 1. The molecule has 0 atom stereocenters. The second kappa shape index (κ2) is 6.07. The van der Waals surface area contributed by atoms with Gasteiger partial charge in [-0.1, -0.05) is 12.1 Å². The maximum absolute atomic E-state index is 13.4. The van der Waals surface area contributed by atoms with E-state index in [1.165, 1.54) is 6.07 Å². The van der Waals surface area contributed by atoms with Gasteiger partial charge in [0.05, 0.1) is 0 Å². The highest BCUT2D eigenvalue weighted by Gasteiger charge is 2.37. The van der Waals surface area contributed by atoms with Crippen molar-refractivity contribution in [3.05, 3.63) is 58.5 Å². The molecule has 3 aromatic rings. The lowest BCUT2D eigenvalue weighted by atomic mass is 10.1. The van der Waals surface area contributed by atoms with Crippen molar-refractivity contribution in [3.8, 4) is 0 Å². The lowest BCUT2D eigenvalue weighted by Crippen LogP contribution is -2.16. The van der Waals surface area contributed by atoms with Crippen LogP contribution in [0.5, 0.6) is 0 Å². The number of anilines is 1. The molecule has 1 saturated carbocycles. The Balaban J connectivity index is 1.74. The maximum Gasteiger partial charge on any atom is 0.433 e. The molecule has 2 aromatic heterocycles. The van der Waals surface area contributed by atoms with Crippen LogP contribution in [0.2, 0.25) is 0 Å². The molecule has 1 aromatic carbocycles. The first-order valence-electron chi connectivity index (χ1n) is 8.59. The number of halogens is 3. The number of fused-ring (bicyclic) bond motifs is 1. The number of carbonyl (C=O) groups is 1. The average Bonchev–Trinajstić information content (AvgIpc) is 3.35. The van der Waals surface area contributed by atoms with E-state index >= 15 is 0 Å². The third kappa shape index (κ3) is 3.39. The van der Waals surface area contributed by atoms with E-state index in [4.69, 9.17) is 0 Å². The van der Waals surface area contributed by atoms with Gasteiger partial charge in [-0.3, -0.25) is 4.79 Å². The third-order valence-corrected chi connectivity index (χ3v) is 4.61. The Morgan fingerprint density at radius 1 is 1.19 bits per heavy atom. The normalized spacial score (nSPS) is 14.6. The van der Waals surface area contributed by atoms with E-state index in [9.17, 15) is 18.0 Å². The number of benzene rings is 1. The van der Waals surface area contributed by atoms with Crippen molar-refractivity contribution in [1.29, 1.82) is 0 Å². The van der Waals surface area contributed by atoms with Crippen LogP contribution < -0.4 is 5.32 Å². The van der Waals surface area contributed by atoms with Crippen LogP contribution >= 0.6 is 0 Å². The minimum atomic E-state index is -4.59. The zero-order valence-corrected chi connectivity index (χ0v) is 14.8. The molecule has 1 amide bonds. The van der Waals surface area contributed by atoms with Gasteiger partial charge in [0, 0.05) is 23.4 Å². The van der Waals surface area contributed by atoms with Gasteiger partial charge in [0.25, 0.3) is 5.91 Å². The number of hydrogen-bond donors (Lipinski definition) is 1. The summed E-state index contributed by atoms with van der Waals surface area (Å²) in [7, 11) is 0. The van der Waals surface area contributed by atoms with E-state index in [2.05, 4.69) is 15.4 Å². The second-order valence-electron chi connectivity index (χ2n) is 6.91. The van der Waals surface area contributed by atoms with Gasteiger partial charge in [-0.2, -0.15) is 18.3 Å². The van der Waals surface area contributed by atoms with Crippen LogP contribution in [-0.2, 0) is 6.18 Å². The topological polar surface area (TPSA) is 59.3 Å². The van der Waals surface area contributed by atoms with E-state index < -0.39 is 17.8 Å². The number of nitrogens with one attached hydrogen (secondary N) is 1. The molecular weight excluding hydrogens is 357 g/mol. The van der Waals surface area contributed by atoms with E-state index in [0.29, 0.717) is 15.9 Å². The van der Waals surface area contributed by atoms with Crippen LogP contribution in [0, 0.1) is 13.8 Å². The first-order valence-corrected chi connectivity index (χ1v) is 8.59. The molecule has 0 radical (unpaired) electrons. The Bertz CT molecular complexity index is 1050. The van der Waals surface area contributed by atoms with Crippen molar-refractivity contribution < 1.29 is 18.0 Å². The molecule has 0 spiro atoms. The van der Waals surface area contributed by atoms with Crippen LogP contribution in [0.25, 0.3) is 5.65 Å². The molecule has 1 fully saturated rings. The van der Waals surface area contributed by atoms with Gasteiger partial charge < -0.3 is 5.32 Å². The van der Waals surface area contributed by atoms with Gasteiger partial charge in [-0.25, -0.2) is 9.50 Å². The minimum absolute atomic E-state index is 0.0258. The molecule has 27 heavy (non-hydrogen) atoms. The van der Waals surface area contributed by atoms with E-state index in [1.807, 2.05) is 26.0 Å². The number of alkyl halides is 3. The van der Waals surface area contributed by atoms with Gasteiger partial charge in [0.15, 0.2) is 11.3 Å². The van der Waals surface area contributed by atoms with Crippen LogP contribution in [-0.4, -0.2) is 20.5 Å². The molecular formula is C19H17F3N4O. The average molecular weight is 374 g/mol. The second-order valence-corrected chi connectivity index (χ2v) is 6.91. The summed E-state index contributed by atoms with van der Waals surface area (Å²) in [5.41, 5.74) is 1.81. The Hall–Kier alpha value is -2.90. The molecule has 140 valence electrons. The molecule has 0 bridgehead atoms. The molecule has 1 aliphatic carbocycles. The highest BCUT2D eigenvalue weighted by Crippen LogP contribution is 2.41. The van der Waals surface area contributed by atoms with Crippen molar-refractivity contribution in [2.24, 2.45) is 0 Å². The summed E-state index contributed by atoms with van der Waals surface area (Å²) in [5.74, 6) is -0.520. The molecule has 0 unspecified atom stereocenters. The van der Waals surface area contributed by atoms with Gasteiger partial charge in [-0.05, 0) is 49.9 Å². The first-order chi connectivity index (χ1) is 12.7. The Morgan fingerprint density at radius 2 is 1.93 bits per heavy atom. The van der Waals surface area contributed by atoms with Crippen LogP contribution in [0.1, 0.15) is 51.8 Å². The van der Waals surface area contributed by atoms with E-state index in [-0.39, 0.29) is 17.3 Å². The largest absolute Gasteiger partial charge is 0.433 e. The van der Waals surface area contributed by atoms with Crippen LogP contribution in [0.4, 0.5) is 18.9 Å². The van der Waals surface area contributed by atoms with Crippen molar-refractivity contribution in [2.75, 3.05) is 5.32 Å². The monoisotopic (exact) mass is 374 g/mol. The molecule has 1 N–H and O–H groups in total. The summed E-state index contributed by atoms with van der Waals surface area (Å²) in [5, 5.41) is 6.58. The summed E-state index contributed by atoms with van der Waals surface area (Å²) in [6.45, 7) is 3.73. The lowest BCUT2D eigenvalue weighted by Gasteiger charge is -2.10. The van der Waals surface area contributed by atoms with E-state index in [0.717, 1.165) is 30.0 Å². The number of rotatable bonds is 3. The fourth-order valence-corrected chi connectivity index (χ4v) is 2.95. The zero-order chi connectivity index (χ0) is 19.3. The number of aromatic nitrogens is 3. The highest BCUT2D eigenvalue weighted by atomic mass is 19.4. The Labute approximate surface area is 153 Å². The quantitative estimate of drug-likeness (QED) is 0.735. The Morgan fingerprint density at radius 3 is 2.59 bits per heavy atom. The SMILES string of the molecule is Cc1ccc(C)c(NC(=O)c2cc3nc(C4CC4)cc(C(F)(F)F)n3n2)c1. The molecule has 2 heterocycles. The van der Waals surface area contributed by atoms with Gasteiger partial charge in [-0.15, -0.1) is 0 Å². The van der Waals surface area contributed by atoms with Gasteiger partial charge >= 0.3 is 6.18 Å². The standard InChI is InChI=1S/C19H17F3N4O/c1-10-3-4-11(2)13(7-10)24-18(27)15-9-17-23-14(12-5-6-12)8-16(19(20,21)22)26(17)25-15/h3-4,7-9,12H,5-6H2,1-2H3,(H,24,27). The van der Waals surface area contributed by atoms with Gasteiger partial charge in [0.1, 0.15) is 5.69 Å². The van der Waals surface area contributed by atoms with Crippen LogP contribution in [0.15, 0.2) is 30.3 Å². The van der Waals surface area contributed by atoms with Crippen molar-refractivity contribution >= 4 is 17.2 Å². The molecule has 0 aliphatic heterocycles. The maximum atomic E-state index is 13.4. The van der Waals surface area contributed by atoms with E-state index in [1.54, 1.807) is 6.07 Å². The highest BCUT2D eigenvalue weighted by molar-refractivity contribution is 6.03. The molecule has 1 aliphatic rings. The summed E-state index contributed by atoms with van der Waals surface area (Å²) in [6, 6.07) is 7.90. The predicted molar refractivity (Wildman–Crippen MR) is 93.8 cm³/mol. The minimum Gasteiger partial charge on any atom is -0.320 e. The van der Waals surface area contributed by atoms with Crippen LogP contribution in [0.3, 0.4) is 0 Å².